The van der Waals surface area contributed by atoms with Gasteiger partial charge in [0.2, 0.25) is 0 Å². The third-order valence-electron chi connectivity index (χ3n) is 3.10. The Labute approximate surface area is 141 Å². The Hall–Kier alpha value is -0.970. The molecule has 0 amide bonds. The number of benzene rings is 2. The first-order valence-corrected chi connectivity index (χ1v) is 7.86. The van der Waals surface area contributed by atoms with E-state index in [0.717, 1.165) is 16.5 Å². The predicted octanol–water partition coefficient (Wildman–Crippen LogP) is 6.16. The quantitative estimate of drug-likeness (QED) is 0.610. The van der Waals surface area contributed by atoms with Gasteiger partial charge in [0.05, 0.1) is 16.1 Å². The molecule has 0 saturated heterocycles. The fraction of sp³-hybridized carbons (Fsp3) is 0.200. The van der Waals surface area contributed by atoms with Gasteiger partial charge >= 0.3 is 0 Å². The van der Waals surface area contributed by atoms with Crippen LogP contribution in [0.15, 0.2) is 34.8 Å². The number of hydrogen-bond acceptors (Lipinski definition) is 2. The molecule has 0 aliphatic rings. The Bertz CT molecular complexity index is 643. The smallest absolute Gasteiger partial charge is 0.160 e. The molecule has 1 atom stereocenters. The van der Waals surface area contributed by atoms with Crippen molar-refractivity contribution in [3.05, 3.63) is 56.2 Å². The van der Waals surface area contributed by atoms with E-state index in [0.29, 0.717) is 5.69 Å². The average Bonchev–Trinajstić information content (AvgIpc) is 2.45. The number of hydrogen-bond donors (Lipinski definition) is 2. The fourth-order valence-corrected chi connectivity index (χ4v) is 2.91. The maximum atomic E-state index is 13.4. The Morgan fingerprint density at radius 2 is 1.86 bits per heavy atom. The zero-order valence-corrected chi connectivity index (χ0v) is 14.2. The lowest BCUT2D eigenvalue weighted by atomic mass is 10.0. The molecule has 0 aliphatic heterocycles. The van der Waals surface area contributed by atoms with Gasteiger partial charge in [-0.2, -0.15) is 0 Å². The standard InChI is InChI=1S/C15H13BrCl2FNO/c1-2-13(10-5-8(16)3-4-14(10)21)20-9-6-11(17)15(19)12(18)7-9/h3-7,13,20-21H,2H2,1H3. The molecule has 0 radical (unpaired) electrons. The van der Waals surface area contributed by atoms with Crippen LogP contribution in [-0.2, 0) is 0 Å². The highest BCUT2D eigenvalue weighted by atomic mass is 79.9. The van der Waals surface area contributed by atoms with Crippen molar-refractivity contribution in [3.8, 4) is 5.75 Å². The largest absolute Gasteiger partial charge is 0.508 e. The monoisotopic (exact) mass is 391 g/mol. The minimum absolute atomic E-state index is 0.0432. The van der Waals surface area contributed by atoms with Crippen molar-refractivity contribution >= 4 is 44.8 Å². The number of rotatable bonds is 4. The highest BCUT2D eigenvalue weighted by Gasteiger charge is 2.16. The van der Waals surface area contributed by atoms with Gasteiger partial charge in [-0.1, -0.05) is 46.1 Å². The van der Waals surface area contributed by atoms with Crippen molar-refractivity contribution in [3.63, 3.8) is 0 Å². The van der Waals surface area contributed by atoms with Crippen LogP contribution in [0.2, 0.25) is 10.0 Å². The van der Waals surface area contributed by atoms with Crippen molar-refractivity contribution in [1.82, 2.24) is 0 Å². The molecular formula is C15H13BrCl2FNO. The summed E-state index contributed by atoms with van der Waals surface area (Å²) in [6.45, 7) is 1.98. The lowest BCUT2D eigenvalue weighted by molar-refractivity contribution is 0.462. The first kappa shape index (κ1) is 16.4. The summed E-state index contributed by atoms with van der Waals surface area (Å²) in [4.78, 5) is 0. The van der Waals surface area contributed by atoms with Crippen LogP contribution in [0.3, 0.4) is 0 Å². The Morgan fingerprint density at radius 3 is 2.43 bits per heavy atom. The highest BCUT2D eigenvalue weighted by Crippen LogP contribution is 2.34. The third-order valence-corrected chi connectivity index (χ3v) is 4.14. The van der Waals surface area contributed by atoms with E-state index in [1.54, 1.807) is 12.1 Å². The van der Waals surface area contributed by atoms with Crippen LogP contribution >= 0.6 is 39.1 Å². The Balaban J connectivity index is 2.33. The van der Waals surface area contributed by atoms with Gasteiger partial charge in [0.25, 0.3) is 0 Å². The summed E-state index contributed by atoms with van der Waals surface area (Å²) < 4.78 is 14.3. The van der Waals surface area contributed by atoms with Crippen molar-refractivity contribution in [2.24, 2.45) is 0 Å². The summed E-state index contributed by atoms with van der Waals surface area (Å²) in [5.41, 5.74) is 1.33. The second-order valence-electron chi connectivity index (χ2n) is 4.56. The zero-order chi connectivity index (χ0) is 15.6. The number of halogens is 4. The van der Waals surface area contributed by atoms with E-state index in [1.165, 1.54) is 12.1 Å². The number of anilines is 1. The van der Waals surface area contributed by atoms with Gasteiger partial charge in [0.15, 0.2) is 5.82 Å². The summed E-state index contributed by atoms with van der Waals surface area (Å²) in [6, 6.07) is 8.01. The average molecular weight is 393 g/mol. The lowest BCUT2D eigenvalue weighted by Gasteiger charge is -2.20. The van der Waals surface area contributed by atoms with Gasteiger partial charge in [-0.05, 0) is 36.8 Å². The molecule has 112 valence electrons. The number of aromatic hydroxyl groups is 1. The van der Waals surface area contributed by atoms with Crippen molar-refractivity contribution in [2.75, 3.05) is 5.32 Å². The molecule has 2 N–H and O–H groups in total. The van der Waals surface area contributed by atoms with Crippen molar-refractivity contribution < 1.29 is 9.50 Å². The van der Waals surface area contributed by atoms with Crippen LogP contribution in [0.5, 0.6) is 5.75 Å². The number of phenols is 1. The maximum Gasteiger partial charge on any atom is 0.160 e. The summed E-state index contributed by atoms with van der Waals surface area (Å²) in [5, 5.41) is 13.1. The molecule has 2 nitrogen and oxygen atoms in total. The molecule has 2 rings (SSSR count). The summed E-state index contributed by atoms with van der Waals surface area (Å²) >= 11 is 15.0. The summed E-state index contributed by atoms with van der Waals surface area (Å²) in [6.07, 6.45) is 0.719. The number of nitrogens with one attached hydrogen (secondary N) is 1. The molecule has 0 aromatic heterocycles. The van der Waals surface area contributed by atoms with Crippen LogP contribution in [0.25, 0.3) is 0 Å². The van der Waals surface area contributed by atoms with E-state index < -0.39 is 5.82 Å². The van der Waals surface area contributed by atoms with Crippen LogP contribution in [0.1, 0.15) is 24.9 Å². The SMILES string of the molecule is CCC(Nc1cc(Cl)c(F)c(Cl)c1)c1cc(Br)ccc1O. The normalized spacial score (nSPS) is 12.2. The van der Waals surface area contributed by atoms with E-state index >= 15 is 0 Å². The molecule has 2 aromatic rings. The van der Waals surface area contributed by atoms with E-state index in [9.17, 15) is 9.50 Å². The molecule has 0 saturated carbocycles. The lowest BCUT2D eigenvalue weighted by Crippen LogP contribution is -2.10. The first-order chi connectivity index (χ1) is 9.92. The van der Waals surface area contributed by atoms with Crippen LogP contribution in [0, 0.1) is 5.82 Å². The van der Waals surface area contributed by atoms with E-state index in [-0.39, 0.29) is 21.8 Å². The first-order valence-electron chi connectivity index (χ1n) is 6.31. The van der Waals surface area contributed by atoms with Crippen LogP contribution < -0.4 is 5.32 Å². The Morgan fingerprint density at radius 1 is 1.24 bits per heavy atom. The van der Waals surface area contributed by atoms with Crippen LogP contribution in [-0.4, -0.2) is 5.11 Å². The minimum Gasteiger partial charge on any atom is -0.508 e. The fourth-order valence-electron chi connectivity index (χ4n) is 2.04. The van der Waals surface area contributed by atoms with E-state index in [4.69, 9.17) is 23.2 Å². The molecule has 21 heavy (non-hydrogen) atoms. The van der Waals surface area contributed by atoms with Gasteiger partial charge in [0.1, 0.15) is 5.75 Å². The van der Waals surface area contributed by atoms with Crippen molar-refractivity contribution in [2.45, 2.75) is 19.4 Å². The molecule has 0 spiro atoms. The molecule has 6 heteroatoms. The summed E-state index contributed by atoms with van der Waals surface area (Å²) in [5.74, 6) is -0.445. The topological polar surface area (TPSA) is 32.3 Å². The van der Waals surface area contributed by atoms with E-state index in [2.05, 4.69) is 21.2 Å². The molecule has 0 fully saturated rings. The van der Waals surface area contributed by atoms with Gasteiger partial charge in [-0.3, -0.25) is 0 Å². The molecule has 0 bridgehead atoms. The van der Waals surface area contributed by atoms with Crippen molar-refractivity contribution in [1.29, 1.82) is 0 Å². The van der Waals surface area contributed by atoms with Gasteiger partial charge in [-0.25, -0.2) is 4.39 Å². The second kappa shape index (κ2) is 6.86. The number of phenolic OH excluding ortho intramolecular Hbond substituents is 1. The third kappa shape index (κ3) is 3.82. The van der Waals surface area contributed by atoms with Crippen LogP contribution in [0.4, 0.5) is 10.1 Å². The molecule has 0 heterocycles. The molecule has 2 aromatic carbocycles. The zero-order valence-electron chi connectivity index (χ0n) is 11.1. The molecule has 0 aliphatic carbocycles. The van der Waals surface area contributed by atoms with Gasteiger partial charge in [-0.15, -0.1) is 0 Å². The maximum absolute atomic E-state index is 13.4. The highest BCUT2D eigenvalue weighted by molar-refractivity contribution is 9.10. The molecule has 1 unspecified atom stereocenters. The molecular weight excluding hydrogens is 380 g/mol. The Kier molecular flexibility index (Phi) is 5.36. The minimum atomic E-state index is -0.637. The van der Waals surface area contributed by atoms with Gasteiger partial charge < -0.3 is 10.4 Å². The second-order valence-corrected chi connectivity index (χ2v) is 6.29. The summed E-state index contributed by atoms with van der Waals surface area (Å²) in [7, 11) is 0. The predicted molar refractivity (Wildman–Crippen MR) is 88.9 cm³/mol. The van der Waals surface area contributed by atoms with Gasteiger partial charge in [0, 0.05) is 15.7 Å². The van der Waals surface area contributed by atoms with E-state index in [1.807, 2.05) is 13.0 Å².